The molecule has 0 bridgehead atoms. The lowest BCUT2D eigenvalue weighted by atomic mass is 10.0. The summed E-state index contributed by atoms with van der Waals surface area (Å²) in [4.78, 5) is 18.0. The van der Waals surface area contributed by atoms with Crippen LogP contribution in [0.2, 0.25) is 0 Å². The number of urea groups is 1. The maximum atomic E-state index is 12.7. The SMILES string of the molecule is CS(=O)(=O)c1ccccc1NC(=O)N1CCc2[nH]c3ccccc3c2C1. The van der Waals surface area contributed by atoms with Crippen molar-refractivity contribution in [2.24, 2.45) is 0 Å². The molecule has 2 amide bonds. The van der Waals surface area contributed by atoms with E-state index in [2.05, 4.69) is 10.3 Å². The number of anilines is 1. The Morgan fingerprint density at radius 1 is 1.12 bits per heavy atom. The van der Waals surface area contributed by atoms with Gasteiger partial charge in [-0.05, 0) is 18.2 Å². The lowest BCUT2D eigenvalue weighted by Crippen LogP contribution is -2.39. The van der Waals surface area contributed by atoms with E-state index in [1.54, 1.807) is 23.1 Å². The van der Waals surface area contributed by atoms with Gasteiger partial charge >= 0.3 is 6.03 Å². The summed E-state index contributed by atoms with van der Waals surface area (Å²) >= 11 is 0. The zero-order chi connectivity index (χ0) is 18.3. The number of aromatic nitrogens is 1. The highest BCUT2D eigenvalue weighted by atomic mass is 32.2. The lowest BCUT2D eigenvalue weighted by Gasteiger charge is -2.27. The number of para-hydroxylation sites is 2. The van der Waals surface area contributed by atoms with Crippen molar-refractivity contribution in [3.8, 4) is 0 Å². The molecule has 0 radical (unpaired) electrons. The van der Waals surface area contributed by atoms with Gasteiger partial charge in [-0.3, -0.25) is 0 Å². The molecular formula is C19H19N3O3S. The molecule has 2 N–H and O–H groups in total. The van der Waals surface area contributed by atoms with Gasteiger partial charge in [-0.1, -0.05) is 30.3 Å². The smallest absolute Gasteiger partial charge is 0.322 e. The predicted molar refractivity (Wildman–Crippen MR) is 101 cm³/mol. The zero-order valence-corrected chi connectivity index (χ0v) is 15.1. The van der Waals surface area contributed by atoms with Crippen molar-refractivity contribution in [1.29, 1.82) is 0 Å². The number of hydrogen-bond donors (Lipinski definition) is 2. The normalized spacial score (nSPS) is 14.3. The van der Waals surface area contributed by atoms with Crippen LogP contribution in [0.25, 0.3) is 10.9 Å². The molecule has 134 valence electrons. The molecule has 6 nitrogen and oxygen atoms in total. The molecule has 0 saturated heterocycles. The van der Waals surface area contributed by atoms with E-state index in [0.717, 1.165) is 34.8 Å². The number of rotatable bonds is 2. The van der Waals surface area contributed by atoms with E-state index in [0.29, 0.717) is 18.8 Å². The molecule has 0 spiro atoms. The van der Waals surface area contributed by atoms with Gasteiger partial charge in [-0.25, -0.2) is 13.2 Å². The van der Waals surface area contributed by atoms with Crippen LogP contribution < -0.4 is 5.32 Å². The summed E-state index contributed by atoms with van der Waals surface area (Å²) in [6.07, 6.45) is 1.88. The first-order valence-corrected chi connectivity index (χ1v) is 10.3. The van der Waals surface area contributed by atoms with Gasteiger partial charge in [0.05, 0.1) is 10.6 Å². The lowest BCUT2D eigenvalue weighted by molar-refractivity contribution is 0.206. The Bertz CT molecular complexity index is 1100. The van der Waals surface area contributed by atoms with Gasteiger partial charge in [0, 0.05) is 47.9 Å². The van der Waals surface area contributed by atoms with Gasteiger partial charge in [-0.15, -0.1) is 0 Å². The number of aromatic amines is 1. The number of carbonyl (C=O) groups excluding carboxylic acids is 1. The Hall–Kier alpha value is -2.80. The average Bonchev–Trinajstić information content (AvgIpc) is 2.99. The molecule has 26 heavy (non-hydrogen) atoms. The third-order valence-electron chi connectivity index (χ3n) is 4.70. The fraction of sp³-hybridized carbons (Fsp3) is 0.211. The number of benzene rings is 2. The Morgan fingerprint density at radius 2 is 1.85 bits per heavy atom. The topological polar surface area (TPSA) is 82.3 Å². The second-order valence-electron chi connectivity index (χ2n) is 6.50. The largest absolute Gasteiger partial charge is 0.358 e. The van der Waals surface area contributed by atoms with Gasteiger partial charge in [0.25, 0.3) is 0 Å². The number of carbonyl (C=O) groups is 1. The molecule has 0 aliphatic carbocycles. The minimum absolute atomic E-state index is 0.123. The molecule has 1 aliphatic heterocycles. The minimum atomic E-state index is -3.42. The van der Waals surface area contributed by atoms with Crippen LogP contribution in [0.5, 0.6) is 0 Å². The predicted octanol–water partition coefficient (Wildman–Crippen LogP) is 3.16. The number of nitrogens with one attached hydrogen (secondary N) is 2. The van der Waals surface area contributed by atoms with Crippen molar-refractivity contribution in [3.05, 3.63) is 59.8 Å². The molecule has 0 unspecified atom stereocenters. The standard InChI is InChI=1S/C19H19N3O3S/c1-26(24,25)18-9-5-4-8-17(18)21-19(23)22-11-10-16-14(12-22)13-6-2-3-7-15(13)20-16/h2-9,20H,10-12H2,1H3,(H,21,23). The van der Waals surface area contributed by atoms with Gasteiger partial charge in [0.2, 0.25) is 0 Å². The number of amides is 2. The highest BCUT2D eigenvalue weighted by Gasteiger charge is 2.25. The van der Waals surface area contributed by atoms with E-state index in [1.807, 2.05) is 24.3 Å². The minimum Gasteiger partial charge on any atom is -0.358 e. The molecule has 0 saturated carbocycles. The maximum absolute atomic E-state index is 12.7. The van der Waals surface area contributed by atoms with E-state index < -0.39 is 9.84 Å². The summed E-state index contributed by atoms with van der Waals surface area (Å²) in [5, 5.41) is 3.88. The van der Waals surface area contributed by atoms with Crippen LogP contribution in [-0.2, 0) is 22.8 Å². The Labute approximate surface area is 151 Å². The fourth-order valence-electron chi connectivity index (χ4n) is 3.43. The second kappa shape index (κ2) is 6.17. The zero-order valence-electron chi connectivity index (χ0n) is 14.3. The highest BCUT2D eigenvalue weighted by molar-refractivity contribution is 7.90. The third-order valence-corrected chi connectivity index (χ3v) is 5.85. The summed E-state index contributed by atoms with van der Waals surface area (Å²) in [6.45, 7) is 1.07. The number of fused-ring (bicyclic) bond motifs is 3. The molecule has 3 aromatic rings. The number of H-pyrrole nitrogens is 1. The molecule has 2 heterocycles. The Balaban J connectivity index is 1.59. The van der Waals surface area contributed by atoms with Gasteiger partial charge in [-0.2, -0.15) is 0 Å². The van der Waals surface area contributed by atoms with E-state index in [4.69, 9.17) is 0 Å². The van der Waals surface area contributed by atoms with Crippen molar-refractivity contribution >= 4 is 32.5 Å². The first-order valence-electron chi connectivity index (χ1n) is 8.37. The molecule has 0 fully saturated rings. The van der Waals surface area contributed by atoms with Crippen LogP contribution in [0.4, 0.5) is 10.5 Å². The molecule has 0 atom stereocenters. The molecule has 1 aromatic heterocycles. The second-order valence-corrected chi connectivity index (χ2v) is 8.48. The molecular weight excluding hydrogens is 350 g/mol. The Kier molecular flexibility index (Phi) is 3.96. The van der Waals surface area contributed by atoms with E-state index in [-0.39, 0.29) is 10.9 Å². The summed E-state index contributed by atoms with van der Waals surface area (Å²) in [5.74, 6) is 0. The number of hydrogen-bond acceptors (Lipinski definition) is 3. The van der Waals surface area contributed by atoms with Crippen LogP contribution in [-0.4, -0.2) is 37.1 Å². The molecule has 1 aliphatic rings. The average molecular weight is 369 g/mol. The van der Waals surface area contributed by atoms with E-state index in [1.165, 1.54) is 6.07 Å². The third kappa shape index (κ3) is 2.94. The van der Waals surface area contributed by atoms with Gasteiger partial charge in [0.15, 0.2) is 9.84 Å². The summed E-state index contributed by atoms with van der Waals surface area (Å²) in [7, 11) is -3.42. The number of sulfone groups is 1. The van der Waals surface area contributed by atoms with Crippen molar-refractivity contribution in [3.63, 3.8) is 0 Å². The van der Waals surface area contributed by atoms with Crippen LogP contribution in [0, 0.1) is 0 Å². The quantitative estimate of drug-likeness (QED) is 0.728. The van der Waals surface area contributed by atoms with Crippen LogP contribution in [0.3, 0.4) is 0 Å². The van der Waals surface area contributed by atoms with Crippen LogP contribution >= 0.6 is 0 Å². The molecule has 2 aromatic carbocycles. The van der Waals surface area contributed by atoms with E-state index >= 15 is 0 Å². The highest BCUT2D eigenvalue weighted by Crippen LogP contribution is 2.28. The molecule has 7 heteroatoms. The van der Waals surface area contributed by atoms with Gasteiger partial charge in [0.1, 0.15) is 0 Å². The van der Waals surface area contributed by atoms with Crippen molar-refractivity contribution < 1.29 is 13.2 Å². The first-order chi connectivity index (χ1) is 12.4. The van der Waals surface area contributed by atoms with Crippen LogP contribution in [0.15, 0.2) is 53.4 Å². The summed E-state index contributed by atoms with van der Waals surface area (Å²) in [5.41, 5.74) is 3.66. The van der Waals surface area contributed by atoms with Crippen molar-refractivity contribution in [2.45, 2.75) is 17.9 Å². The maximum Gasteiger partial charge on any atom is 0.322 e. The monoisotopic (exact) mass is 369 g/mol. The fourth-order valence-corrected chi connectivity index (χ4v) is 4.27. The first kappa shape index (κ1) is 16.7. The van der Waals surface area contributed by atoms with Crippen molar-refractivity contribution in [1.82, 2.24) is 9.88 Å². The Morgan fingerprint density at radius 3 is 2.65 bits per heavy atom. The van der Waals surface area contributed by atoms with E-state index in [9.17, 15) is 13.2 Å². The van der Waals surface area contributed by atoms with Crippen molar-refractivity contribution in [2.75, 3.05) is 18.1 Å². The van der Waals surface area contributed by atoms with Gasteiger partial charge < -0.3 is 15.2 Å². The molecule has 4 rings (SSSR count). The van der Waals surface area contributed by atoms with Crippen LogP contribution in [0.1, 0.15) is 11.3 Å². The summed E-state index contributed by atoms with van der Waals surface area (Å²) in [6, 6.07) is 14.2. The number of nitrogens with zero attached hydrogens (tertiary/aromatic N) is 1. The summed E-state index contributed by atoms with van der Waals surface area (Å²) < 4.78 is 23.8.